The number of carboxylic acids is 1. The standard InChI is InChI=1S/C23H26N4O4S2/c1-14-10-15(2)13-25(12-14)20-16(21(30)26-8-4-3-6-18(26)24-20)11-17-22(31)27(23(32)33-17)9-5-7-19(28)29/h3-4,6,8,11,14-15H,5,7,9-10,12-13H2,1-2H3,(H,28,29)/b17-11+. The lowest BCUT2D eigenvalue weighted by Gasteiger charge is -2.36. The quantitative estimate of drug-likeness (QED) is 0.491. The second-order valence-corrected chi connectivity index (χ2v) is 10.4. The Kier molecular flexibility index (Phi) is 6.85. The number of rotatable bonds is 6. The molecule has 2 atom stereocenters. The number of hydrogen-bond acceptors (Lipinski definition) is 7. The number of amides is 1. The summed E-state index contributed by atoms with van der Waals surface area (Å²) in [6.07, 6.45) is 4.66. The molecule has 2 aliphatic rings. The van der Waals surface area contributed by atoms with Crippen molar-refractivity contribution in [2.45, 2.75) is 33.1 Å². The molecular formula is C23H26N4O4S2. The first-order valence-electron chi connectivity index (χ1n) is 11.0. The maximum absolute atomic E-state index is 13.5. The van der Waals surface area contributed by atoms with E-state index in [0.717, 1.165) is 31.3 Å². The third-order valence-corrected chi connectivity index (χ3v) is 7.22. The number of carbonyl (C=O) groups excluding carboxylic acids is 1. The molecule has 10 heteroatoms. The Morgan fingerprint density at radius 2 is 2.00 bits per heavy atom. The number of carbonyl (C=O) groups is 2. The lowest BCUT2D eigenvalue weighted by molar-refractivity contribution is -0.137. The summed E-state index contributed by atoms with van der Waals surface area (Å²) in [5.74, 6) is 0.288. The predicted molar refractivity (Wildman–Crippen MR) is 133 cm³/mol. The minimum atomic E-state index is -0.916. The molecule has 0 aromatic carbocycles. The van der Waals surface area contributed by atoms with Gasteiger partial charge in [0.2, 0.25) is 0 Å². The van der Waals surface area contributed by atoms with Crippen molar-refractivity contribution in [3.63, 3.8) is 0 Å². The minimum absolute atomic E-state index is 0.0402. The Morgan fingerprint density at radius 3 is 2.70 bits per heavy atom. The second kappa shape index (κ2) is 9.64. The number of piperidine rings is 1. The third-order valence-electron chi connectivity index (χ3n) is 5.84. The number of anilines is 1. The van der Waals surface area contributed by atoms with Crippen LogP contribution in [-0.2, 0) is 9.59 Å². The zero-order valence-electron chi connectivity index (χ0n) is 18.6. The van der Waals surface area contributed by atoms with E-state index in [1.165, 1.54) is 9.30 Å². The smallest absolute Gasteiger partial charge is 0.303 e. The highest BCUT2D eigenvalue weighted by molar-refractivity contribution is 8.26. The SMILES string of the molecule is CC1CC(C)CN(c2nc3ccccn3c(=O)c2/C=C2/SC(=S)N(CCCC(=O)O)C2=O)C1. The topological polar surface area (TPSA) is 95.2 Å². The van der Waals surface area contributed by atoms with Crippen molar-refractivity contribution in [2.75, 3.05) is 24.5 Å². The van der Waals surface area contributed by atoms with E-state index in [0.29, 0.717) is 44.5 Å². The largest absolute Gasteiger partial charge is 0.481 e. The van der Waals surface area contributed by atoms with Crippen molar-refractivity contribution >= 4 is 57.7 Å². The number of aromatic nitrogens is 2. The van der Waals surface area contributed by atoms with Gasteiger partial charge in [0.05, 0.1) is 10.5 Å². The summed E-state index contributed by atoms with van der Waals surface area (Å²) in [4.78, 5) is 46.0. The van der Waals surface area contributed by atoms with Gasteiger partial charge in [-0.1, -0.05) is 43.9 Å². The molecule has 8 nitrogen and oxygen atoms in total. The highest BCUT2D eigenvalue weighted by atomic mass is 32.2. The van der Waals surface area contributed by atoms with E-state index in [-0.39, 0.29) is 24.4 Å². The van der Waals surface area contributed by atoms with Crippen LogP contribution in [0.1, 0.15) is 38.7 Å². The van der Waals surface area contributed by atoms with Gasteiger partial charge in [0.15, 0.2) is 0 Å². The number of thioether (sulfide) groups is 1. The van der Waals surface area contributed by atoms with Gasteiger partial charge >= 0.3 is 5.97 Å². The molecule has 1 N–H and O–H groups in total. The fourth-order valence-corrected chi connectivity index (χ4v) is 5.80. The van der Waals surface area contributed by atoms with E-state index in [1.54, 1.807) is 24.4 Å². The van der Waals surface area contributed by atoms with Gasteiger partial charge in [-0.2, -0.15) is 0 Å². The van der Waals surface area contributed by atoms with Crippen molar-refractivity contribution in [2.24, 2.45) is 11.8 Å². The number of nitrogens with zero attached hydrogens (tertiary/aromatic N) is 4. The van der Waals surface area contributed by atoms with Gasteiger partial charge in [-0.3, -0.25) is 23.7 Å². The molecule has 0 bridgehead atoms. The summed E-state index contributed by atoms with van der Waals surface area (Å²) in [5.41, 5.74) is 0.686. The third kappa shape index (κ3) is 4.96. The van der Waals surface area contributed by atoms with Crippen LogP contribution < -0.4 is 10.5 Å². The minimum Gasteiger partial charge on any atom is -0.481 e. The van der Waals surface area contributed by atoms with Gasteiger partial charge in [-0.05, 0) is 42.9 Å². The molecule has 4 heterocycles. The zero-order valence-corrected chi connectivity index (χ0v) is 20.2. The molecule has 0 spiro atoms. The Bertz CT molecular complexity index is 1200. The van der Waals surface area contributed by atoms with Crippen molar-refractivity contribution in [1.29, 1.82) is 0 Å². The average molecular weight is 487 g/mol. The number of pyridine rings is 1. The van der Waals surface area contributed by atoms with Crippen molar-refractivity contribution in [3.05, 3.63) is 45.2 Å². The lowest BCUT2D eigenvalue weighted by Crippen LogP contribution is -2.40. The second-order valence-electron chi connectivity index (χ2n) is 8.76. The van der Waals surface area contributed by atoms with Crippen LogP contribution in [0.3, 0.4) is 0 Å². The van der Waals surface area contributed by atoms with Gasteiger partial charge in [-0.15, -0.1) is 0 Å². The van der Waals surface area contributed by atoms with Gasteiger partial charge < -0.3 is 10.0 Å². The van der Waals surface area contributed by atoms with Gasteiger partial charge in [0.1, 0.15) is 15.8 Å². The van der Waals surface area contributed by atoms with Gasteiger partial charge in [-0.25, -0.2) is 4.98 Å². The molecule has 174 valence electrons. The normalized spacial score (nSPS) is 22.5. The van der Waals surface area contributed by atoms with Crippen molar-refractivity contribution < 1.29 is 14.7 Å². The Morgan fingerprint density at radius 1 is 1.27 bits per heavy atom. The summed E-state index contributed by atoms with van der Waals surface area (Å²) in [7, 11) is 0. The van der Waals surface area contributed by atoms with Gasteiger partial charge in [0.25, 0.3) is 11.5 Å². The molecular weight excluding hydrogens is 460 g/mol. The molecule has 2 unspecified atom stereocenters. The molecule has 0 radical (unpaired) electrons. The molecule has 0 saturated carbocycles. The Hall–Kier alpha value is -2.72. The van der Waals surface area contributed by atoms with Crippen LogP contribution in [0.2, 0.25) is 0 Å². The van der Waals surface area contributed by atoms with Crippen LogP contribution >= 0.6 is 24.0 Å². The van der Waals surface area contributed by atoms with Crippen LogP contribution in [0, 0.1) is 11.8 Å². The molecule has 2 aliphatic heterocycles. The number of thiocarbonyl (C=S) groups is 1. The first-order valence-corrected chi connectivity index (χ1v) is 12.2. The van der Waals surface area contributed by atoms with E-state index in [1.807, 2.05) is 6.07 Å². The lowest BCUT2D eigenvalue weighted by atomic mass is 9.91. The summed E-state index contributed by atoms with van der Waals surface area (Å²) in [6.45, 7) is 6.20. The van der Waals surface area contributed by atoms with Gasteiger partial charge in [0, 0.05) is 32.3 Å². The summed E-state index contributed by atoms with van der Waals surface area (Å²) >= 11 is 6.49. The van der Waals surface area contributed by atoms with Crippen LogP contribution in [0.5, 0.6) is 0 Å². The van der Waals surface area contributed by atoms with E-state index >= 15 is 0 Å². The number of carboxylic acid groups (broad SMARTS) is 1. The van der Waals surface area contributed by atoms with Crippen molar-refractivity contribution in [1.82, 2.24) is 14.3 Å². The monoisotopic (exact) mass is 486 g/mol. The number of hydrogen-bond donors (Lipinski definition) is 1. The summed E-state index contributed by atoms with van der Waals surface area (Å²) in [6, 6.07) is 5.41. The van der Waals surface area contributed by atoms with Crippen LogP contribution in [0.4, 0.5) is 5.82 Å². The fourth-order valence-electron chi connectivity index (χ4n) is 4.51. The highest BCUT2D eigenvalue weighted by Gasteiger charge is 2.33. The Balaban J connectivity index is 1.75. The van der Waals surface area contributed by atoms with E-state index in [2.05, 4.69) is 18.7 Å². The fraction of sp³-hybridized carbons (Fsp3) is 0.435. The molecule has 2 aromatic heterocycles. The molecule has 2 fully saturated rings. The maximum atomic E-state index is 13.5. The predicted octanol–water partition coefficient (Wildman–Crippen LogP) is 3.24. The maximum Gasteiger partial charge on any atom is 0.303 e. The number of aliphatic carboxylic acids is 1. The van der Waals surface area contributed by atoms with Crippen molar-refractivity contribution in [3.8, 4) is 0 Å². The van der Waals surface area contributed by atoms with Crippen LogP contribution in [0.15, 0.2) is 34.1 Å². The summed E-state index contributed by atoms with van der Waals surface area (Å²) < 4.78 is 1.85. The first-order chi connectivity index (χ1) is 15.7. The Labute approximate surface area is 201 Å². The molecule has 2 saturated heterocycles. The summed E-state index contributed by atoms with van der Waals surface area (Å²) in [5, 5.41) is 8.87. The molecule has 4 rings (SSSR count). The molecule has 0 aliphatic carbocycles. The van der Waals surface area contributed by atoms with E-state index in [4.69, 9.17) is 22.3 Å². The van der Waals surface area contributed by atoms with Crippen LogP contribution in [0.25, 0.3) is 11.7 Å². The molecule has 2 aromatic rings. The zero-order chi connectivity index (χ0) is 23.7. The highest BCUT2D eigenvalue weighted by Crippen LogP contribution is 2.34. The van der Waals surface area contributed by atoms with E-state index in [9.17, 15) is 14.4 Å². The number of fused-ring (bicyclic) bond motifs is 1. The first kappa shape index (κ1) is 23.4. The average Bonchev–Trinajstić information content (AvgIpc) is 3.02. The van der Waals surface area contributed by atoms with E-state index < -0.39 is 5.97 Å². The molecule has 1 amide bonds. The van der Waals surface area contributed by atoms with Crippen LogP contribution in [-0.4, -0.2) is 55.2 Å². The molecule has 33 heavy (non-hydrogen) atoms.